The molecule has 0 saturated heterocycles. The number of rotatable bonds is 5. The fourth-order valence-corrected chi connectivity index (χ4v) is 2.55. The Hall–Kier alpha value is -1.82. The summed E-state index contributed by atoms with van der Waals surface area (Å²) in [6.07, 6.45) is 1.74. The van der Waals surface area contributed by atoms with Gasteiger partial charge in [-0.2, -0.15) is 0 Å². The van der Waals surface area contributed by atoms with E-state index in [1.807, 2.05) is 0 Å². The Morgan fingerprint density at radius 1 is 1.39 bits per heavy atom. The molecule has 0 bridgehead atoms. The van der Waals surface area contributed by atoms with Gasteiger partial charge in [0, 0.05) is 30.7 Å². The summed E-state index contributed by atoms with van der Waals surface area (Å²) in [7, 11) is 3.26. The molecule has 0 heterocycles. The van der Waals surface area contributed by atoms with Gasteiger partial charge in [0.1, 0.15) is 11.9 Å². The highest BCUT2D eigenvalue weighted by atomic mass is 35.5. The lowest BCUT2D eigenvalue weighted by Crippen LogP contribution is -2.50. The van der Waals surface area contributed by atoms with Crippen molar-refractivity contribution in [2.75, 3.05) is 14.1 Å². The monoisotopic (exact) mass is 341 g/mol. The van der Waals surface area contributed by atoms with Crippen molar-refractivity contribution in [1.82, 2.24) is 15.1 Å². The average molecular weight is 342 g/mol. The summed E-state index contributed by atoms with van der Waals surface area (Å²) >= 11 is 6.04. The van der Waals surface area contributed by atoms with Crippen LogP contribution in [0.2, 0.25) is 5.02 Å². The molecule has 1 saturated carbocycles. The molecule has 0 aromatic heterocycles. The standard InChI is InChI=1S/C16H21ClFN3O2/c1-10(15(22)20(2)3)19-16(23)21(11-7-8-11)9-12-13(17)5-4-6-14(12)18/h4-6,10-11H,7-9H2,1-3H3,(H,19,23)/t10-/m1/s1. The maximum Gasteiger partial charge on any atom is 0.318 e. The van der Waals surface area contributed by atoms with Crippen LogP contribution >= 0.6 is 11.6 Å². The van der Waals surface area contributed by atoms with Gasteiger partial charge in [-0.1, -0.05) is 17.7 Å². The first-order valence-corrected chi connectivity index (χ1v) is 7.90. The highest BCUT2D eigenvalue weighted by Gasteiger charge is 2.34. The van der Waals surface area contributed by atoms with E-state index in [0.29, 0.717) is 10.6 Å². The zero-order chi connectivity index (χ0) is 17.1. The predicted octanol–water partition coefficient (Wildman–Crippen LogP) is 2.63. The smallest absolute Gasteiger partial charge is 0.318 e. The minimum Gasteiger partial charge on any atom is -0.347 e. The summed E-state index contributed by atoms with van der Waals surface area (Å²) < 4.78 is 14.0. The van der Waals surface area contributed by atoms with Gasteiger partial charge in [-0.3, -0.25) is 4.79 Å². The van der Waals surface area contributed by atoms with Crippen LogP contribution in [0.5, 0.6) is 0 Å². The Balaban J connectivity index is 2.10. The summed E-state index contributed by atoms with van der Waals surface area (Å²) in [6.45, 7) is 1.71. The van der Waals surface area contributed by atoms with Crippen molar-refractivity contribution in [3.05, 3.63) is 34.6 Å². The van der Waals surface area contributed by atoms with Gasteiger partial charge in [0.2, 0.25) is 5.91 Å². The average Bonchev–Trinajstić information content (AvgIpc) is 3.30. The molecule has 1 fully saturated rings. The molecular weight excluding hydrogens is 321 g/mol. The number of likely N-dealkylation sites (N-methyl/N-ethyl adjacent to an activating group) is 1. The van der Waals surface area contributed by atoms with Crippen LogP contribution in [-0.2, 0) is 11.3 Å². The molecule has 7 heteroatoms. The molecule has 1 aromatic carbocycles. The highest BCUT2D eigenvalue weighted by molar-refractivity contribution is 6.31. The second-order valence-corrected chi connectivity index (χ2v) is 6.37. The minimum absolute atomic E-state index is 0.0623. The van der Waals surface area contributed by atoms with Crippen molar-refractivity contribution < 1.29 is 14.0 Å². The largest absolute Gasteiger partial charge is 0.347 e. The predicted molar refractivity (Wildman–Crippen MR) is 86.7 cm³/mol. The van der Waals surface area contributed by atoms with E-state index in [9.17, 15) is 14.0 Å². The Kier molecular flexibility index (Phi) is 5.46. The van der Waals surface area contributed by atoms with Crippen molar-refractivity contribution in [1.29, 1.82) is 0 Å². The zero-order valence-corrected chi connectivity index (χ0v) is 14.2. The molecule has 126 valence electrons. The normalized spacial score (nSPS) is 15.0. The van der Waals surface area contributed by atoms with Gasteiger partial charge >= 0.3 is 6.03 Å². The second-order valence-electron chi connectivity index (χ2n) is 5.96. The third-order valence-corrected chi connectivity index (χ3v) is 4.14. The molecule has 23 heavy (non-hydrogen) atoms. The van der Waals surface area contributed by atoms with Crippen LogP contribution in [0.1, 0.15) is 25.3 Å². The summed E-state index contributed by atoms with van der Waals surface area (Å²) in [5.74, 6) is -0.633. The zero-order valence-electron chi connectivity index (χ0n) is 13.5. The Labute approximate surface area is 140 Å². The Bertz CT molecular complexity index is 585. The second kappa shape index (κ2) is 7.17. The number of amides is 3. The first-order valence-electron chi connectivity index (χ1n) is 7.52. The molecular formula is C16H21ClFN3O2. The molecule has 0 unspecified atom stereocenters. The number of carbonyl (C=O) groups is 2. The molecule has 1 aliphatic rings. The van der Waals surface area contributed by atoms with Gasteiger partial charge in [0.15, 0.2) is 0 Å². The number of nitrogens with one attached hydrogen (secondary N) is 1. The quantitative estimate of drug-likeness (QED) is 0.895. The summed E-state index contributed by atoms with van der Waals surface area (Å²) in [6, 6.07) is 3.49. The van der Waals surface area contributed by atoms with E-state index in [4.69, 9.17) is 11.6 Å². The van der Waals surface area contributed by atoms with E-state index in [1.165, 1.54) is 17.0 Å². The molecule has 1 aromatic rings. The lowest BCUT2D eigenvalue weighted by molar-refractivity contribution is -0.130. The summed E-state index contributed by atoms with van der Waals surface area (Å²) in [4.78, 5) is 27.3. The fourth-order valence-electron chi connectivity index (χ4n) is 2.32. The molecule has 5 nitrogen and oxygen atoms in total. The maximum atomic E-state index is 14.0. The number of benzene rings is 1. The van der Waals surface area contributed by atoms with Crippen molar-refractivity contribution >= 4 is 23.5 Å². The topological polar surface area (TPSA) is 52.7 Å². The number of carbonyl (C=O) groups excluding carboxylic acids is 2. The van der Waals surface area contributed by atoms with Crippen molar-refractivity contribution in [3.8, 4) is 0 Å². The van der Waals surface area contributed by atoms with Gasteiger partial charge in [-0.15, -0.1) is 0 Å². The van der Waals surface area contributed by atoms with Crippen LogP contribution in [0, 0.1) is 5.82 Å². The van der Waals surface area contributed by atoms with E-state index in [-0.39, 0.29) is 24.5 Å². The van der Waals surface area contributed by atoms with Crippen LogP contribution in [0.4, 0.5) is 9.18 Å². The maximum absolute atomic E-state index is 14.0. The summed E-state index contributed by atoms with van der Waals surface area (Å²) in [5, 5.41) is 2.96. The van der Waals surface area contributed by atoms with E-state index in [2.05, 4.69) is 5.32 Å². The van der Waals surface area contributed by atoms with Crippen LogP contribution in [0.25, 0.3) is 0 Å². The Morgan fingerprint density at radius 2 is 2.04 bits per heavy atom. The number of hydrogen-bond acceptors (Lipinski definition) is 2. The van der Waals surface area contributed by atoms with E-state index < -0.39 is 11.9 Å². The molecule has 1 atom stereocenters. The fraction of sp³-hybridized carbons (Fsp3) is 0.500. The minimum atomic E-state index is -0.644. The number of hydrogen-bond donors (Lipinski definition) is 1. The lowest BCUT2D eigenvalue weighted by Gasteiger charge is -2.26. The molecule has 1 aliphatic carbocycles. The number of halogens is 2. The molecule has 3 amide bonds. The number of urea groups is 1. The first kappa shape index (κ1) is 17.5. The van der Waals surface area contributed by atoms with Crippen LogP contribution in [-0.4, -0.2) is 47.9 Å². The van der Waals surface area contributed by atoms with Crippen LogP contribution < -0.4 is 5.32 Å². The van der Waals surface area contributed by atoms with Crippen LogP contribution in [0.3, 0.4) is 0 Å². The summed E-state index contributed by atoms with van der Waals surface area (Å²) in [5.41, 5.74) is 0.294. The van der Waals surface area contributed by atoms with Gasteiger partial charge in [-0.05, 0) is 31.9 Å². The van der Waals surface area contributed by atoms with E-state index in [0.717, 1.165) is 12.8 Å². The van der Waals surface area contributed by atoms with Gasteiger partial charge < -0.3 is 15.1 Å². The SMILES string of the molecule is C[C@@H](NC(=O)N(Cc1c(F)cccc1Cl)C1CC1)C(=O)N(C)C. The molecule has 2 rings (SSSR count). The molecule has 0 radical (unpaired) electrons. The van der Waals surface area contributed by atoms with Gasteiger partial charge in [-0.25, -0.2) is 9.18 Å². The van der Waals surface area contributed by atoms with Crippen LogP contribution in [0.15, 0.2) is 18.2 Å². The lowest BCUT2D eigenvalue weighted by atomic mass is 10.2. The van der Waals surface area contributed by atoms with Crippen molar-refractivity contribution in [3.63, 3.8) is 0 Å². The molecule has 0 spiro atoms. The van der Waals surface area contributed by atoms with Gasteiger partial charge in [0.25, 0.3) is 0 Å². The first-order chi connectivity index (χ1) is 10.8. The molecule has 1 N–H and O–H groups in total. The highest BCUT2D eigenvalue weighted by Crippen LogP contribution is 2.30. The van der Waals surface area contributed by atoms with Crippen molar-refractivity contribution in [2.45, 2.75) is 38.4 Å². The third-order valence-electron chi connectivity index (χ3n) is 3.79. The number of nitrogens with zero attached hydrogens (tertiary/aromatic N) is 2. The third kappa shape index (κ3) is 4.34. The van der Waals surface area contributed by atoms with E-state index in [1.54, 1.807) is 32.0 Å². The molecule has 0 aliphatic heterocycles. The van der Waals surface area contributed by atoms with Crippen molar-refractivity contribution in [2.24, 2.45) is 0 Å². The Morgan fingerprint density at radius 3 is 2.57 bits per heavy atom. The van der Waals surface area contributed by atoms with Gasteiger partial charge in [0.05, 0.1) is 6.54 Å². The van der Waals surface area contributed by atoms with E-state index >= 15 is 0 Å².